The number of carbonyl (C=O) groups is 1. The highest BCUT2D eigenvalue weighted by molar-refractivity contribution is 9.10. The summed E-state index contributed by atoms with van der Waals surface area (Å²) in [6, 6.07) is 12.0. The van der Waals surface area contributed by atoms with Gasteiger partial charge in [0.25, 0.3) is 0 Å². The second-order valence-electron chi connectivity index (χ2n) is 3.86. The molecule has 100 valence electrons. The summed E-state index contributed by atoms with van der Waals surface area (Å²) < 4.78 is 14.1. The van der Waals surface area contributed by atoms with Gasteiger partial charge in [0.2, 0.25) is 0 Å². The van der Waals surface area contributed by atoms with Gasteiger partial charge in [0.1, 0.15) is 11.9 Å². The lowest BCUT2D eigenvalue weighted by Crippen LogP contribution is -2.20. The predicted molar refractivity (Wildman–Crippen MR) is 77.9 cm³/mol. The molecule has 0 aliphatic rings. The third-order valence-corrected chi connectivity index (χ3v) is 2.97. The van der Waals surface area contributed by atoms with Crippen LogP contribution in [0.1, 0.15) is 5.56 Å². The quantitative estimate of drug-likeness (QED) is 0.868. The minimum absolute atomic E-state index is 0.0700. The summed E-state index contributed by atoms with van der Waals surface area (Å²) in [6.45, 7) is 0. The van der Waals surface area contributed by atoms with Crippen molar-refractivity contribution in [3.05, 3.63) is 58.3 Å². The van der Waals surface area contributed by atoms with Crippen LogP contribution in [0.5, 0.6) is 0 Å². The molecule has 20 heavy (non-hydrogen) atoms. The van der Waals surface area contributed by atoms with Crippen LogP contribution in [0.2, 0.25) is 0 Å². The van der Waals surface area contributed by atoms with Crippen molar-refractivity contribution in [3.63, 3.8) is 0 Å². The molecule has 0 bridgehead atoms. The number of hydrogen-bond donors (Lipinski definition) is 2. The first-order chi connectivity index (χ1) is 9.60. The van der Waals surface area contributed by atoms with Gasteiger partial charge in [-0.2, -0.15) is 5.26 Å². The Labute approximate surface area is 123 Å². The van der Waals surface area contributed by atoms with Gasteiger partial charge in [0, 0.05) is 4.47 Å². The molecule has 4 nitrogen and oxygen atoms in total. The summed E-state index contributed by atoms with van der Waals surface area (Å²) in [7, 11) is 0. The lowest BCUT2D eigenvalue weighted by Gasteiger charge is -2.09. The van der Waals surface area contributed by atoms with E-state index in [4.69, 9.17) is 5.26 Å². The highest BCUT2D eigenvalue weighted by Crippen LogP contribution is 2.21. The maximum absolute atomic E-state index is 13.4. The first kappa shape index (κ1) is 14.0. The van der Waals surface area contributed by atoms with Gasteiger partial charge in [-0.1, -0.05) is 28.1 Å². The number of amides is 2. The molecule has 0 aliphatic heterocycles. The zero-order valence-corrected chi connectivity index (χ0v) is 11.7. The summed E-state index contributed by atoms with van der Waals surface area (Å²) in [5.74, 6) is -0.529. The summed E-state index contributed by atoms with van der Waals surface area (Å²) in [4.78, 5) is 11.8. The smallest absolute Gasteiger partial charge is 0.306 e. The average molecular weight is 334 g/mol. The molecular formula is C14H9BrFN3O. The molecule has 6 heteroatoms. The van der Waals surface area contributed by atoms with Crippen molar-refractivity contribution in [1.29, 1.82) is 5.26 Å². The molecule has 2 aromatic carbocycles. The highest BCUT2D eigenvalue weighted by Gasteiger charge is 2.09. The molecule has 2 aromatic rings. The number of nitriles is 1. The molecular weight excluding hydrogens is 325 g/mol. The molecule has 0 atom stereocenters. The van der Waals surface area contributed by atoms with E-state index < -0.39 is 11.8 Å². The number of urea groups is 1. The predicted octanol–water partition coefficient (Wildman–Crippen LogP) is 4.10. The second kappa shape index (κ2) is 6.17. The number of rotatable bonds is 2. The van der Waals surface area contributed by atoms with Gasteiger partial charge in [-0.25, -0.2) is 9.18 Å². The zero-order valence-electron chi connectivity index (χ0n) is 10.2. The van der Waals surface area contributed by atoms with Crippen molar-refractivity contribution in [2.45, 2.75) is 0 Å². The Balaban J connectivity index is 2.13. The number of anilines is 2. The third kappa shape index (κ3) is 3.33. The molecule has 0 aliphatic carbocycles. The largest absolute Gasteiger partial charge is 0.323 e. The first-order valence-corrected chi connectivity index (χ1v) is 6.41. The highest BCUT2D eigenvalue weighted by atomic mass is 79.9. The van der Waals surface area contributed by atoms with Crippen LogP contribution in [-0.4, -0.2) is 6.03 Å². The standard InChI is InChI=1S/C14H9BrFN3O/c15-10-5-6-12(9(7-10)8-17)18-14(20)19-13-4-2-1-3-11(13)16/h1-7H,(H2,18,19,20). The Morgan fingerprint density at radius 2 is 1.85 bits per heavy atom. The maximum Gasteiger partial charge on any atom is 0.323 e. The summed E-state index contributed by atoms with van der Waals surface area (Å²) in [6.07, 6.45) is 0. The van der Waals surface area contributed by atoms with E-state index in [-0.39, 0.29) is 5.69 Å². The van der Waals surface area contributed by atoms with E-state index in [1.807, 2.05) is 6.07 Å². The Bertz CT molecular complexity index is 697. The number of nitrogens with zero attached hydrogens (tertiary/aromatic N) is 1. The van der Waals surface area contributed by atoms with E-state index in [1.54, 1.807) is 24.3 Å². The van der Waals surface area contributed by atoms with Crippen LogP contribution in [0.15, 0.2) is 46.9 Å². The van der Waals surface area contributed by atoms with Crippen LogP contribution in [0.4, 0.5) is 20.6 Å². The van der Waals surface area contributed by atoms with Gasteiger partial charge >= 0.3 is 6.03 Å². The van der Waals surface area contributed by atoms with E-state index in [0.29, 0.717) is 11.3 Å². The van der Waals surface area contributed by atoms with Crippen molar-refractivity contribution in [1.82, 2.24) is 0 Å². The van der Waals surface area contributed by atoms with E-state index in [0.717, 1.165) is 4.47 Å². The maximum atomic E-state index is 13.4. The van der Waals surface area contributed by atoms with Gasteiger partial charge in [-0.05, 0) is 30.3 Å². The number of benzene rings is 2. The average Bonchev–Trinajstić information content (AvgIpc) is 2.43. The SMILES string of the molecule is N#Cc1cc(Br)ccc1NC(=O)Nc1ccccc1F. The molecule has 2 N–H and O–H groups in total. The van der Waals surface area contributed by atoms with E-state index >= 15 is 0 Å². The van der Waals surface area contributed by atoms with Crippen LogP contribution >= 0.6 is 15.9 Å². The molecule has 2 amide bonds. The summed E-state index contributed by atoms with van der Waals surface area (Å²) >= 11 is 3.24. The molecule has 0 aromatic heterocycles. The molecule has 2 rings (SSSR count). The fourth-order valence-electron chi connectivity index (χ4n) is 1.56. The number of hydrogen-bond acceptors (Lipinski definition) is 2. The van der Waals surface area contributed by atoms with E-state index in [2.05, 4.69) is 26.6 Å². The first-order valence-electron chi connectivity index (χ1n) is 5.62. The van der Waals surface area contributed by atoms with Gasteiger partial charge in [-0.15, -0.1) is 0 Å². The zero-order chi connectivity index (χ0) is 14.5. The Morgan fingerprint density at radius 3 is 2.55 bits per heavy atom. The minimum atomic E-state index is -0.617. The lowest BCUT2D eigenvalue weighted by molar-refractivity contribution is 0.262. The van der Waals surface area contributed by atoms with Gasteiger partial charge < -0.3 is 10.6 Å². The number of halogens is 2. The molecule has 0 heterocycles. The topological polar surface area (TPSA) is 64.9 Å². The second-order valence-corrected chi connectivity index (χ2v) is 4.78. The van der Waals surface area contributed by atoms with Crippen molar-refractivity contribution < 1.29 is 9.18 Å². The Morgan fingerprint density at radius 1 is 1.15 bits per heavy atom. The van der Waals surface area contributed by atoms with Crippen molar-refractivity contribution >= 4 is 33.3 Å². The lowest BCUT2D eigenvalue weighted by atomic mass is 10.2. The monoisotopic (exact) mass is 333 g/mol. The summed E-state index contributed by atoms with van der Waals surface area (Å²) in [5.41, 5.74) is 0.730. The fourth-order valence-corrected chi connectivity index (χ4v) is 1.92. The molecule has 0 spiro atoms. The normalized spacial score (nSPS) is 9.65. The van der Waals surface area contributed by atoms with E-state index in [1.165, 1.54) is 18.2 Å². The number of para-hydroxylation sites is 1. The summed E-state index contributed by atoms with van der Waals surface area (Å²) in [5, 5.41) is 13.9. The van der Waals surface area contributed by atoms with Crippen LogP contribution in [0.25, 0.3) is 0 Å². The molecule has 0 fully saturated rings. The van der Waals surface area contributed by atoms with Crippen molar-refractivity contribution in [2.24, 2.45) is 0 Å². The minimum Gasteiger partial charge on any atom is -0.306 e. The Hall–Kier alpha value is -2.39. The van der Waals surface area contributed by atoms with Crippen LogP contribution in [0, 0.1) is 17.1 Å². The van der Waals surface area contributed by atoms with Gasteiger partial charge in [-0.3, -0.25) is 0 Å². The Kier molecular flexibility index (Phi) is 4.33. The van der Waals surface area contributed by atoms with Gasteiger partial charge in [0.15, 0.2) is 0 Å². The fraction of sp³-hybridized carbons (Fsp3) is 0. The van der Waals surface area contributed by atoms with Crippen LogP contribution in [-0.2, 0) is 0 Å². The van der Waals surface area contributed by atoms with Crippen LogP contribution < -0.4 is 10.6 Å². The van der Waals surface area contributed by atoms with E-state index in [9.17, 15) is 9.18 Å². The van der Waals surface area contributed by atoms with Gasteiger partial charge in [0.05, 0.1) is 16.9 Å². The molecule has 0 unspecified atom stereocenters. The third-order valence-electron chi connectivity index (χ3n) is 2.47. The van der Waals surface area contributed by atoms with Crippen molar-refractivity contribution in [3.8, 4) is 6.07 Å². The molecule has 0 saturated heterocycles. The van der Waals surface area contributed by atoms with Crippen LogP contribution in [0.3, 0.4) is 0 Å². The molecule has 0 saturated carbocycles. The number of carbonyl (C=O) groups excluding carboxylic acids is 1. The van der Waals surface area contributed by atoms with Crippen molar-refractivity contribution in [2.75, 3.05) is 10.6 Å². The number of nitrogens with one attached hydrogen (secondary N) is 2. The molecule has 0 radical (unpaired) electrons.